The minimum Gasteiger partial charge on any atom is -0.489 e. The molecule has 276 valence electrons. The van der Waals surface area contributed by atoms with E-state index in [2.05, 4.69) is 34.3 Å². The van der Waals surface area contributed by atoms with Gasteiger partial charge in [0, 0.05) is 60.2 Å². The van der Waals surface area contributed by atoms with E-state index in [1.807, 2.05) is 36.4 Å². The first-order chi connectivity index (χ1) is 25.1. The van der Waals surface area contributed by atoms with Gasteiger partial charge in [-0.15, -0.1) is 0 Å². The molecular formula is C40H46Cl2N4O6. The van der Waals surface area contributed by atoms with Gasteiger partial charge in [-0.2, -0.15) is 5.26 Å². The monoisotopic (exact) mass is 748 g/mol. The lowest BCUT2D eigenvalue weighted by Gasteiger charge is -2.40. The fraction of sp³-hybridized carbons (Fsp3) is 0.425. The summed E-state index contributed by atoms with van der Waals surface area (Å²) < 4.78 is 19.6. The molecule has 2 aliphatic rings. The van der Waals surface area contributed by atoms with E-state index in [9.17, 15) is 20.3 Å². The first-order valence-electron chi connectivity index (χ1n) is 17.6. The van der Waals surface area contributed by atoms with Crippen molar-refractivity contribution in [1.29, 1.82) is 5.26 Å². The zero-order valence-electron chi connectivity index (χ0n) is 29.6. The summed E-state index contributed by atoms with van der Waals surface area (Å²) in [6, 6.07) is 14.8. The van der Waals surface area contributed by atoms with E-state index in [4.69, 9.17) is 37.4 Å². The number of nitrogens with one attached hydrogen (secondary N) is 1. The van der Waals surface area contributed by atoms with Crippen LogP contribution in [0, 0.1) is 17.2 Å². The second kappa shape index (κ2) is 18.2. The molecule has 5 rings (SSSR count). The van der Waals surface area contributed by atoms with Crippen molar-refractivity contribution in [2.75, 3.05) is 39.5 Å². The Morgan fingerprint density at radius 1 is 1.12 bits per heavy atom. The fourth-order valence-electron chi connectivity index (χ4n) is 6.43. The smallest absolute Gasteiger partial charge is 0.326 e. The molecule has 1 saturated heterocycles. The van der Waals surface area contributed by atoms with Crippen LogP contribution in [-0.4, -0.2) is 76.7 Å². The summed E-state index contributed by atoms with van der Waals surface area (Å²) in [5.41, 5.74) is 1.10. The number of pyridine rings is 1. The molecule has 0 spiro atoms. The topological polar surface area (TPSA) is 137 Å². The van der Waals surface area contributed by atoms with Gasteiger partial charge in [-0.3, -0.25) is 15.1 Å². The van der Waals surface area contributed by atoms with E-state index in [1.165, 1.54) is 32.4 Å². The Labute approximate surface area is 315 Å². The molecule has 2 aromatic carbocycles. The highest BCUT2D eigenvalue weighted by atomic mass is 35.5. The number of piperidine rings is 1. The third kappa shape index (κ3) is 9.72. The number of halogens is 2. The van der Waals surface area contributed by atoms with Crippen LogP contribution in [0.15, 0.2) is 73.1 Å². The quantitative estimate of drug-likeness (QED) is 0.123. The Morgan fingerprint density at radius 2 is 1.90 bits per heavy atom. The number of carboxylic acid groups (broad SMARTS) is 1. The molecule has 0 bridgehead atoms. The van der Waals surface area contributed by atoms with Gasteiger partial charge in [0.1, 0.15) is 41.9 Å². The third-order valence-electron chi connectivity index (χ3n) is 9.82. The number of carbonyl (C=O) groups is 1. The minimum atomic E-state index is -1.60. The maximum atomic E-state index is 11.9. The van der Waals surface area contributed by atoms with Gasteiger partial charge in [0.2, 0.25) is 0 Å². The van der Waals surface area contributed by atoms with Gasteiger partial charge in [-0.05, 0) is 74.7 Å². The summed E-state index contributed by atoms with van der Waals surface area (Å²) in [5.74, 6) is -0.625. The Balaban J connectivity index is 1.41. The lowest BCUT2D eigenvalue weighted by Crippen LogP contribution is -2.52. The molecule has 3 atom stereocenters. The van der Waals surface area contributed by atoms with Gasteiger partial charge < -0.3 is 29.3 Å². The largest absolute Gasteiger partial charge is 0.489 e. The molecule has 3 aromatic rings. The lowest BCUT2D eigenvalue weighted by atomic mass is 9.77. The van der Waals surface area contributed by atoms with Crippen molar-refractivity contribution in [2.24, 2.45) is 5.92 Å². The molecule has 3 N–H and O–H groups in total. The van der Waals surface area contributed by atoms with Crippen molar-refractivity contribution >= 4 is 34.7 Å². The number of carboxylic acids is 1. The summed E-state index contributed by atoms with van der Waals surface area (Å²) in [5, 5.41) is 32.7. The maximum Gasteiger partial charge on any atom is 0.326 e. The van der Waals surface area contributed by atoms with Crippen molar-refractivity contribution < 1.29 is 29.2 Å². The lowest BCUT2D eigenvalue weighted by molar-refractivity contribution is -0.145. The molecule has 2 heterocycles. The molecule has 1 fully saturated rings. The SMILES string of the molecule is CC1C(c2ccccc2Cl)=CC=CC1(COc1cc(OCc2cncc(C#N)c2)c(CN[C@](C)(CO)C(=O)O)cc1Cl)OCCCN1CCCCC1. The van der Waals surface area contributed by atoms with Crippen LogP contribution in [0.25, 0.3) is 5.57 Å². The van der Waals surface area contributed by atoms with Gasteiger partial charge >= 0.3 is 5.97 Å². The van der Waals surface area contributed by atoms with Crippen LogP contribution in [0.1, 0.15) is 61.8 Å². The Bertz CT molecular complexity index is 1810. The average molecular weight is 750 g/mol. The first kappa shape index (κ1) is 39.3. The molecule has 52 heavy (non-hydrogen) atoms. The van der Waals surface area contributed by atoms with E-state index < -0.39 is 23.7 Å². The number of nitrogens with zero attached hydrogens (tertiary/aromatic N) is 3. The van der Waals surface area contributed by atoms with Crippen molar-refractivity contribution in [3.8, 4) is 17.6 Å². The molecule has 1 aromatic heterocycles. The number of benzene rings is 2. The number of hydrogen-bond acceptors (Lipinski definition) is 9. The highest BCUT2D eigenvalue weighted by Crippen LogP contribution is 2.42. The molecule has 0 amide bonds. The number of aromatic nitrogens is 1. The molecule has 10 nitrogen and oxygen atoms in total. The van der Waals surface area contributed by atoms with Gasteiger partial charge in [-0.1, -0.05) is 66.9 Å². The molecule has 1 aliphatic heterocycles. The Morgan fingerprint density at radius 3 is 2.63 bits per heavy atom. The number of rotatable bonds is 17. The zero-order chi connectivity index (χ0) is 37.1. The summed E-state index contributed by atoms with van der Waals surface area (Å²) >= 11 is 13.5. The molecule has 0 saturated carbocycles. The van der Waals surface area contributed by atoms with Gasteiger partial charge in [-0.25, -0.2) is 0 Å². The first-order valence-corrected chi connectivity index (χ1v) is 18.3. The van der Waals surface area contributed by atoms with E-state index in [0.29, 0.717) is 39.8 Å². The zero-order valence-corrected chi connectivity index (χ0v) is 31.1. The number of nitriles is 1. The number of allylic oxidation sites excluding steroid dienone is 2. The van der Waals surface area contributed by atoms with E-state index in [-0.39, 0.29) is 30.7 Å². The van der Waals surface area contributed by atoms with Crippen LogP contribution in [0.5, 0.6) is 11.5 Å². The average Bonchev–Trinajstić information content (AvgIpc) is 3.16. The number of aliphatic hydroxyl groups is 1. The third-order valence-corrected chi connectivity index (χ3v) is 10.4. The van der Waals surface area contributed by atoms with Crippen molar-refractivity contribution in [3.63, 3.8) is 0 Å². The molecule has 1 aliphatic carbocycles. The molecule has 12 heteroatoms. The predicted octanol–water partition coefficient (Wildman–Crippen LogP) is 7.06. The molecular weight excluding hydrogens is 703 g/mol. The number of aliphatic hydroxyl groups excluding tert-OH is 1. The Hall–Kier alpha value is -3.95. The van der Waals surface area contributed by atoms with Crippen molar-refractivity contribution in [3.05, 3.63) is 105 Å². The van der Waals surface area contributed by atoms with Gasteiger partial charge in [0.05, 0.1) is 17.2 Å². The number of likely N-dealkylation sites (tertiary alicyclic amines) is 1. The summed E-state index contributed by atoms with van der Waals surface area (Å²) in [6.45, 7) is 6.83. The van der Waals surface area contributed by atoms with E-state index in [1.54, 1.807) is 24.4 Å². The highest BCUT2D eigenvalue weighted by molar-refractivity contribution is 6.32. The maximum absolute atomic E-state index is 11.9. The van der Waals surface area contributed by atoms with Crippen LogP contribution in [0.2, 0.25) is 10.0 Å². The molecule has 0 radical (unpaired) electrons. The summed E-state index contributed by atoms with van der Waals surface area (Å²) in [6.07, 6.45) is 13.8. The minimum absolute atomic E-state index is 0.0189. The van der Waals surface area contributed by atoms with Crippen molar-refractivity contribution in [2.45, 2.75) is 63.8 Å². The van der Waals surface area contributed by atoms with Crippen LogP contribution in [-0.2, 0) is 22.7 Å². The van der Waals surface area contributed by atoms with Crippen LogP contribution >= 0.6 is 23.2 Å². The highest BCUT2D eigenvalue weighted by Gasteiger charge is 2.40. The normalized spacial score (nSPS) is 20.1. The standard InChI is InChI=1S/C40H46Cl2N4O6/c1-28-32(33-10-4-5-12-34(33)41)11-8-13-40(28,52-17-9-16-46-14-6-3-7-15-46)27-51-37-20-36(50-25-30-18-29(21-43)22-44-23-30)31(19-35(37)42)24-45-39(2,26-47)38(48)49/h4-5,8,10-13,18-20,22-23,28,45,47H,3,6-7,9,14-17,24-27H2,1-2H3,(H,48,49)/t28?,39-,40?/m1/s1. The van der Waals surface area contributed by atoms with Crippen LogP contribution in [0.4, 0.5) is 0 Å². The molecule has 2 unspecified atom stereocenters. The van der Waals surface area contributed by atoms with E-state index in [0.717, 1.165) is 37.2 Å². The fourth-order valence-corrected chi connectivity index (χ4v) is 6.92. The van der Waals surface area contributed by atoms with E-state index >= 15 is 0 Å². The summed E-state index contributed by atoms with van der Waals surface area (Å²) in [4.78, 5) is 18.5. The predicted molar refractivity (Wildman–Crippen MR) is 202 cm³/mol. The number of ether oxygens (including phenoxy) is 3. The van der Waals surface area contributed by atoms with Crippen LogP contribution < -0.4 is 14.8 Å². The van der Waals surface area contributed by atoms with Gasteiger partial charge in [0.15, 0.2) is 0 Å². The number of hydrogen-bond donors (Lipinski definition) is 3. The Kier molecular flexibility index (Phi) is 13.7. The van der Waals surface area contributed by atoms with Gasteiger partial charge in [0.25, 0.3) is 0 Å². The second-order valence-corrected chi connectivity index (χ2v) is 14.4. The van der Waals surface area contributed by atoms with Crippen LogP contribution in [0.3, 0.4) is 0 Å². The van der Waals surface area contributed by atoms with Crippen molar-refractivity contribution in [1.82, 2.24) is 15.2 Å². The second-order valence-electron chi connectivity index (χ2n) is 13.6. The number of aliphatic carboxylic acids is 1. The summed E-state index contributed by atoms with van der Waals surface area (Å²) in [7, 11) is 0.